The molecular formula is C7H13NO2. The summed E-state index contributed by atoms with van der Waals surface area (Å²) in [7, 11) is 0. The number of primary amides is 1. The van der Waals surface area contributed by atoms with Crippen molar-refractivity contribution in [3.8, 4) is 0 Å². The summed E-state index contributed by atoms with van der Waals surface area (Å²) in [6.07, 6.45) is 2.04. The first-order chi connectivity index (χ1) is 4.72. The molecule has 0 saturated heterocycles. The van der Waals surface area contributed by atoms with Gasteiger partial charge in [-0.15, -0.1) is 0 Å². The van der Waals surface area contributed by atoms with Gasteiger partial charge in [0, 0.05) is 0 Å². The monoisotopic (exact) mass is 143 g/mol. The lowest BCUT2D eigenvalue weighted by Crippen LogP contribution is -2.13. The summed E-state index contributed by atoms with van der Waals surface area (Å²) in [6.45, 7) is 4.27. The average Bonchev–Trinajstić information content (AvgIpc) is 1.89. The van der Waals surface area contributed by atoms with Gasteiger partial charge in [-0.2, -0.15) is 0 Å². The van der Waals surface area contributed by atoms with E-state index in [4.69, 9.17) is 10.5 Å². The second kappa shape index (κ2) is 4.85. The van der Waals surface area contributed by atoms with Gasteiger partial charge in [-0.3, -0.25) is 4.79 Å². The molecular weight excluding hydrogens is 130 g/mol. The van der Waals surface area contributed by atoms with Gasteiger partial charge in [-0.1, -0.05) is 6.92 Å². The van der Waals surface area contributed by atoms with Crippen molar-refractivity contribution in [1.29, 1.82) is 0 Å². The molecule has 10 heavy (non-hydrogen) atoms. The quantitative estimate of drug-likeness (QED) is 0.467. The molecule has 0 spiro atoms. The molecule has 0 aromatic heterocycles. The van der Waals surface area contributed by atoms with Gasteiger partial charge in [0.2, 0.25) is 5.91 Å². The van der Waals surface area contributed by atoms with Crippen molar-refractivity contribution in [2.24, 2.45) is 5.73 Å². The second-order valence-electron chi connectivity index (χ2n) is 1.82. The predicted molar refractivity (Wildman–Crippen MR) is 39.2 cm³/mol. The van der Waals surface area contributed by atoms with Crippen LogP contribution >= 0.6 is 0 Å². The minimum absolute atomic E-state index is 0.407. The first kappa shape index (κ1) is 9.01. The van der Waals surface area contributed by atoms with Crippen molar-refractivity contribution in [3.05, 3.63) is 11.8 Å². The molecule has 0 saturated carbocycles. The molecule has 0 rings (SSSR count). The van der Waals surface area contributed by atoms with Crippen LogP contribution in [0.1, 0.15) is 20.3 Å². The lowest BCUT2D eigenvalue weighted by Gasteiger charge is -1.98. The minimum Gasteiger partial charge on any atom is -0.501 e. The van der Waals surface area contributed by atoms with E-state index in [0.717, 1.165) is 0 Å². The number of nitrogens with two attached hydrogens (primary N) is 1. The van der Waals surface area contributed by atoms with Crippen LogP contribution in [0.15, 0.2) is 11.8 Å². The summed E-state index contributed by atoms with van der Waals surface area (Å²) in [6, 6.07) is 0. The van der Waals surface area contributed by atoms with Crippen LogP contribution in [0, 0.1) is 0 Å². The van der Waals surface area contributed by atoms with E-state index in [1.807, 2.05) is 13.8 Å². The summed E-state index contributed by atoms with van der Waals surface area (Å²) in [5, 5.41) is 0. The van der Waals surface area contributed by atoms with Crippen molar-refractivity contribution in [3.63, 3.8) is 0 Å². The third-order valence-electron chi connectivity index (χ3n) is 1.09. The van der Waals surface area contributed by atoms with Gasteiger partial charge in [0.05, 0.1) is 18.4 Å². The lowest BCUT2D eigenvalue weighted by atomic mass is 10.2. The van der Waals surface area contributed by atoms with Gasteiger partial charge in [-0.25, -0.2) is 0 Å². The largest absolute Gasteiger partial charge is 0.501 e. The molecule has 0 aliphatic rings. The Morgan fingerprint density at radius 3 is 2.50 bits per heavy atom. The normalized spacial score (nSPS) is 11.2. The Morgan fingerprint density at radius 2 is 2.20 bits per heavy atom. The van der Waals surface area contributed by atoms with Crippen LogP contribution < -0.4 is 5.73 Å². The molecule has 0 bridgehead atoms. The number of hydrogen-bond acceptors (Lipinski definition) is 2. The second-order valence-corrected chi connectivity index (χ2v) is 1.82. The van der Waals surface area contributed by atoms with E-state index in [2.05, 4.69) is 0 Å². The van der Waals surface area contributed by atoms with E-state index in [1.54, 1.807) is 0 Å². The number of carbonyl (C=O) groups excluding carboxylic acids is 1. The Morgan fingerprint density at radius 1 is 1.60 bits per heavy atom. The van der Waals surface area contributed by atoms with Gasteiger partial charge in [0.15, 0.2) is 0 Å². The van der Waals surface area contributed by atoms with Gasteiger partial charge in [0.1, 0.15) is 0 Å². The SMILES string of the molecule is CCO/C=C(/CC)C(N)=O. The third-order valence-corrected chi connectivity index (χ3v) is 1.09. The van der Waals surface area contributed by atoms with Crippen molar-refractivity contribution in [1.82, 2.24) is 0 Å². The Hall–Kier alpha value is -0.990. The zero-order valence-electron chi connectivity index (χ0n) is 6.39. The van der Waals surface area contributed by atoms with Crippen LogP contribution in [0.2, 0.25) is 0 Å². The Kier molecular flexibility index (Phi) is 4.37. The zero-order chi connectivity index (χ0) is 7.98. The fourth-order valence-corrected chi connectivity index (χ4v) is 0.500. The smallest absolute Gasteiger partial charge is 0.247 e. The van der Waals surface area contributed by atoms with Crippen LogP contribution in [0.4, 0.5) is 0 Å². The van der Waals surface area contributed by atoms with E-state index in [1.165, 1.54) is 6.26 Å². The van der Waals surface area contributed by atoms with Gasteiger partial charge in [-0.05, 0) is 13.3 Å². The average molecular weight is 143 g/mol. The van der Waals surface area contributed by atoms with Crippen molar-refractivity contribution in [2.75, 3.05) is 6.61 Å². The lowest BCUT2D eigenvalue weighted by molar-refractivity contribution is -0.114. The highest BCUT2D eigenvalue weighted by Gasteiger charge is 1.99. The molecule has 0 aromatic rings. The summed E-state index contributed by atoms with van der Waals surface area (Å²) in [5.41, 5.74) is 5.53. The number of hydrogen-bond donors (Lipinski definition) is 1. The molecule has 3 heteroatoms. The molecule has 0 aliphatic carbocycles. The molecule has 1 amide bonds. The zero-order valence-corrected chi connectivity index (χ0v) is 6.39. The van der Waals surface area contributed by atoms with Gasteiger partial charge >= 0.3 is 0 Å². The molecule has 3 nitrogen and oxygen atoms in total. The summed E-state index contributed by atoms with van der Waals surface area (Å²) < 4.78 is 4.88. The number of ether oxygens (including phenoxy) is 1. The van der Waals surface area contributed by atoms with Gasteiger partial charge in [0.25, 0.3) is 0 Å². The molecule has 0 unspecified atom stereocenters. The van der Waals surface area contributed by atoms with E-state index in [-0.39, 0.29) is 0 Å². The summed E-state index contributed by atoms with van der Waals surface area (Å²) in [5.74, 6) is -0.407. The fraction of sp³-hybridized carbons (Fsp3) is 0.571. The van der Waals surface area contributed by atoms with Crippen LogP contribution in [0.3, 0.4) is 0 Å². The Balaban J connectivity index is 3.91. The highest BCUT2D eigenvalue weighted by molar-refractivity contribution is 5.91. The first-order valence-electron chi connectivity index (χ1n) is 3.32. The summed E-state index contributed by atoms with van der Waals surface area (Å²) in [4.78, 5) is 10.5. The van der Waals surface area contributed by atoms with E-state index >= 15 is 0 Å². The Labute approximate surface area is 60.9 Å². The van der Waals surface area contributed by atoms with E-state index < -0.39 is 5.91 Å². The molecule has 0 aliphatic heterocycles. The molecule has 0 atom stereocenters. The van der Waals surface area contributed by atoms with E-state index in [9.17, 15) is 4.79 Å². The highest BCUT2D eigenvalue weighted by Crippen LogP contribution is 1.98. The van der Waals surface area contributed by atoms with Crippen molar-refractivity contribution in [2.45, 2.75) is 20.3 Å². The molecule has 0 aromatic carbocycles. The third kappa shape index (κ3) is 3.12. The predicted octanol–water partition coefficient (Wildman–Crippen LogP) is 0.802. The van der Waals surface area contributed by atoms with E-state index in [0.29, 0.717) is 18.6 Å². The first-order valence-corrected chi connectivity index (χ1v) is 3.32. The number of rotatable bonds is 4. The Bertz CT molecular complexity index is 141. The number of amides is 1. The van der Waals surface area contributed by atoms with Crippen molar-refractivity contribution < 1.29 is 9.53 Å². The maximum absolute atomic E-state index is 10.5. The topological polar surface area (TPSA) is 52.3 Å². The minimum atomic E-state index is -0.407. The van der Waals surface area contributed by atoms with Crippen LogP contribution in [-0.4, -0.2) is 12.5 Å². The van der Waals surface area contributed by atoms with Gasteiger partial charge < -0.3 is 10.5 Å². The van der Waals surface area contributed by atoms with Crippen LogP contribution in [-0.2, 0) is 9.53 Å². The molecule has 0 fully saturated rings. The van der Waals surface area contributed by atoms with Crippen molar-refractivity contribution >= 4 is 5.91 Å². The number of carbonyl (C=O) groups is 1. The molecule has 2 N–H and O–H groups in total. The van der Waals surface area contributed by atoms with Crippen LogP contribution in [0.5, 0.6) is 0 Å². The van der Waals surface area contributed by atoms with Crippen LogP contribution in [0.25, 0.3) is 0 Å². The molecule has 0 radical (unpaired) electrons. The fourth-order valence-electron chi connectivity index (χ4n) is 0.500. The molecule has 58 valence electrons. The summed E-state index contributed by atoms with van der Waals surface area (Å²) >= 11 is 0. The standard InChI is InChI=1S/C7H13NO2/c1-3-6(7(8)9)5-10-4-2/h5H,3-4H2,1-2H3,(H2,8,9)/b6-5-. The molecule has 0 heterocycles. The maximum atomic E-state index is 10.5. The maximum Gasteiger partial charge on any atom is 0.247 e. The highest BCUT2D eigenvalue weighted by atomic mass is 16.5.